The van der Waals surface area contributed by atoms with Crippen LogP contribution < -0.4 is 4.74 Å². The summed E-state index contributed by atoms with van der Waals surface area (Å²) >= 11 is 0. The largest absolute Gasteiger partial charge is 0.494 e. The number of allylic oxidation sites excluding steroid dienone is 1. The number of hydrogen-bond donors (Lipinski definition) is 0. The van der Waals surface area contributed by atoms with Gasteiger partial charge in [0.25, 0.3) is 0 Å². The zero-order chi connectivity index (χ0) is 21.0. The molecule has 1 aromatic rings. The molecule has 0 bridgehead atoms. The van der Waals surface area contributed by atoms with Crippen molar-refractivity contribution in [1.82, 2.24) is 9.80 Å². The second kappa shape index (κ2) is 12.8. The first-order chi connectivity index (χ1) is 14.8. The van der Waals surface area contributed by atoms with Crippen molar-refractivity contribution in [3.63, 3.8) is 0 Å². The first-order valence-electron chi connectivity index (χ1n) is 11.7. The van der Waals surface area contributed by atoms with Gasteiger partial charge in [-0.2, -0.15) is 0 Å². The van der Waals surface area contributed by atoms with Crippen LogP contribution in [0.5, 0.6) is 5.75 Å². The van der Waals surface area contributed by atoms with Crippen molar-refractivity contribution in [1.29, 1.82) is 0 Å². The molecule has 166 valence electrons. The Bertz CT molecular complexity index is 672. The molecule has 1 aromatic carbocycles. The Kier molecular flexibility index (Phi) is 9.71. The van der Waals surface area contributed by atoms with Gasteiger partial charge in [0.2, 0.25) is 5.90 Å². The summed E-state index contributed by atoms with van der Waals surface area (Å²) in [6.07, 6.45) is 11.2. The molecule has 2 saturated heterocycles. The van der Waals surface area contributed by atoms with E-state index < -0.39 is 0 Å². The van der Waals surface area contributed by atoms with E-state index in [9.17, 15) is 0 Å². The van der Waals surface area contributed by atoms with Gasteiger partial charge in [0, 0.05) is 18.7 Å². The quantitative estimate of drug-likeness (QED) is 0.333. The van der Waals surface area contributed by atoms with Gasteiger partial charge < -0.3 is 14.4 Å². The molecule has 5 heteroatoms. The molecule has 0 N–H and O–H groups in total. The van der Waals surface area contributed by atoms with Crippen molar-refractivity contribution in [2.24, 2.45) is 4.99 Å². The summed E-state index contributed by atoms with van der Waals surface area (Å²) in [5, 5.41) is 0. The lowest BCUT2D eigenvalue weighted by molar-refractivity contribution is 0.205. The van der Waals surface area contributed by atoms with E-state index in [-0.39, 0.29) is 0 Å². The van der Waals surface area contributed by atoms with Gasteiger partial charge in [-0.05, 0) is 89.5 Å². The molecular formula is C25H39N3O2. The van der Waals surface area contributed by atoms with Crippen LogP contribution in [0.4, 0.5) is 0 Å². The molecule has 0 amide bonds. The summed E-state index contributed by atoms with van der Waals surface area (Å²) in [5.74, 6) is 1.57. The van der Waals surface area contributed by atoms with Gasteiger partial charge >= 0.3 is 0 Å². The summed E-state index contributed by atoms with van der Waals surface area (Å²) in [7, 11) is 1.69. The third-order valence-corrected chi connectivity index (χ3v) is 6.04. The third-order valence-electron chi connectivity index (χ3n) is 6.04. The lowest BCUT2D eigenvalue weighted by Gasteiger charge is -2.26. The van der Waals surface area contributed by atoms with Crippen LogP contribution in [-0.4, -0.2) is 68.7 Å². The number of aliphatic imine (C=N–C) groups is 1. The molecule has 2 fully saturated rings. The Morgan fingerprint density at radius 3 is 2.17 bits per heavy atom. The molecule has 0 radical (unpaired) electrons. The summed E-state index contributed by atoms with van der Waals surface area (Å²) in [6.45, 7) is 9.68. The first kappa shape index (κ1) is 22.8. The Morgan fingerprint density at radius 1 is 0.933 bits per heavy atom. The average molecular weight is 414 g/mol. The molecule has 0 aromatic heterocycles. The summed E-state index contributed by atoms with van der Waals surface area (Å²) in [6, 6.07) is 8.11. The minimum atomic E-state index is 0.664. The molecule has 30 heavy (non-hydrogen) atoms. The maximum Gasteiger partial charge on any atom is 0.220 e. The van der Waals surface area contributed by atoms with Crippen molar-refractivity contribution in [3.05, 3.63) is 41.6 Å². The Morgan fingerprint density at radius 2 is 1.57 bits per heavy atom. The van der Waals surface area contributed by atoms with Gasteiger partial charge in [-0.3, -0.25) is 4.90 Å². The molecule has 3 rings (SSSR count). The van der Waals surface area contributed by atoms with Crippen molar-refractivity contribution >= 4 is 5.90 Å². The zero-order valence-corrected chi connectivity index (χ0v) is 18.9. The molecular weight excluding hydrogens is 374 g/mol. The number of nitrogens with zero attached hydrogens (tertiary/aromatic N) is 3. The second-order valence-electron chi connectivity index (χ2n) is 8.37. The smallest absolute Gasteiger partial charge is 0.220 e. The molecule has 2 aliphatic heterocycles. The highest BCUT2D eigenvalue weighted by Crippen LogP contribution is 2.16. The Hall–Kier alpha value is -1.85. The molecule has 5 nitrogen and oxygen atoms in total. The number of rotatable bonds is 9. The van der Waals surface area contributed by atoms with E-state index in [1.54, 1.807) is 7.11 Å². The van der Waals surface area contributed by atoms with E-state index in [2.05, 4.69) is 22.8 Å². The minimum Gasteiger partial charge on any atom is -0.494 e. The fourth-order valence-electron chi connectivity index (χ4n) is 4.25. The fraction of sp³-hybridized carbons (Fsp3) is 0.640. The highest BCUT2D eigenvalue weighted by atomic mass is 16.5. The number of piperidine rings is 2. The molecule has 0 spiro atoms. The van der Waals surface area contributed by atoms with Crippen LogP contribution in [-0.2, 0) is 4.74 Å². The van der Waals surface area contributed by atoms with Crippen LogP contribution >= 0.6 is 0 Å². The SMILES string of the molecule is C/C=C(\CN1CCCCC1)N=C(OC)c1ccc(OCCCN2CCCCC2)cc1. The average Bonchev–Trinajstić information content (AvgIpc) is 2.81. The Labute approximate surface area is 182 Å². The first-order valence-corrected chi connectivity index (χ1v) is 11.7. The predicted octanol–water partition coefficient (Wildman–Crippen LogP) is 4.72. The van der Waals surface area contributed by atoms with Crippen molar-refractivity contribution in [2.45, 2.75) is 51.9 Å². The Balaban J connectivity index is 1.48. The zero-order valence-electron chi connectivity index (χ0n) is 18.9. The van der Waals surface area contributed by atoms with Gasteiger partial charge in [-0.15, -0.1) is 0 Å². The topological polar surface area (TPSA) is 37.3 Å². The van der Waals surface area contributed by atoms with E-state index in [4.69, 9.17) is 14.5 Å². The van der Waals surface area contributed by atoms with Gasteiger partial charge in [-0.25, -0.2) is 4.99 Å². The number of likely N-dealkylation sites (tertiary alicyclic amines) is 2. The maximum atomic E-state index is 5.94. The van der Waals surface area contributed by atoms with Crippen LogP contribution in [0.2, 0.25) is 0 Å². The molecule has 2 heterocycles. The second-order valence-corrected chi connectivity index (χ2v) is 8.37. The van der Waals surface area contributed by atoms with E-state index in [0.29, 0.717) is 5.90 Å². The fourth-order valence-corrected chi connectivity index (χ4v) is 4.25. The number of methoxy groups -OCH3 is 1. The van der Waals surface area contributed by atoms with E-state index in [1.807, 2.05) is 24.3 Å². The summed E-state index contributed by atoms with van der Waals surface area (Å²) < 4.78 is 11.6. The molecule has 0 atom stereocenters. The monoisotopic (exact) mass is 413 g/mol. The minimum absolute atomic E-state index is 0.664. The molecule has 0 unspecified atom stereocenters. The normalized spacial score (nSPS) is 19.7. The highest BCUT2D eigenvalue weighted by molar-refractivity contribution is 5.94. The van der Waals surface area contributed by atoms with Crippen LogP contribution in [0.15, 0.2) is 41.0 Å². The lowest BCUT2D eigenvalue weighted by atomic mass is 10.1. The van der Waals surface area contributed by atoms with Crippen molar-refractivity contribution in [2.75, 3.05) is 53.0 Å². The van der Waals surface area contributed by atoms with Crippen molar-refractivity contribution in [3.8, 4) is 5.75 Å². The van der Waals surface area contributed by atoms with E-state index in [0.717, 1.165) is 43.1 Å². The standard InChI is InChI=1S/C25H39N3O2/c1-3-23(21-28-17-8-5-9-18-28)26-25(29-2)22-11-13-24(14-12-22)30-20-10-19-27-15-6-4-7-16-27/h3,11-14H,4-10,15-21H2,1-2H3/b23-3+,26-25?. The van der Waals surface area contributed by atoms with Crippen molar-refractivity contribution < 1.29 is 9.47 Å². The maximum absolute atomic E-state index is 5.94. The van der Waals surface area contributed by atoms with Crippen LogP contribution in [0.3, 0.4) is 0 Å². The predicted molar refractivity (Wildman–Crippen MR) is 124 cm³/mol. The highest BCUT2D eigenvalue weighted by Gasteiger charge is 2.13. The van der Waals surface area contributed by atoms with E-state index >= 15 is 0 Å². The van der Waals surface area contributed by atoms with Gasteiger partial charge in [0.1, 0.15) is 5.75 Å². The molecule has 0 aliphatic carbocycles. The number of ether oxygens (including phenoxy) is 2. The lowest BCUT2D eigenvalue weighted by Crippen LogP contribution is -2.31. The summed E-state index contributed by atoms with van der Waals surface area (Å²) in [4.78, 5) is 9.84. The number of hydrogen-bond acceptors (Lipinski definition) is 5. The molecule has 0 saturated carbocycles. The van der Waals surface area contributed by atoms with Gasteiger partial charge in [0.15, 0.2) is 0 Å². The third kappa shape index (κ3) is 7.44. The van der Waals surface area contributed by atoms with Gasteiger partial charge in [0.05, 0.1) is 19.4 Å². The van der Waals surface area contributed by atoms with Gasteiger partial charge in [-0.1, -0.05) is 18.9 Å². The number of benzene rings is 1. The van der Waals surface area contributed by atoms with E-state index in [1.165, 1.54) is 64.7 Å². The van der Waals surface area contributed by atoms with Crippen LogP contribution in [0.1, 0.15) is 57.4 Å². The summed E-state index contributed by atoms with van der Waals surface area (Å²) in [5.41, 5.74) is 2.04. The molecule has 2 aliphatic rings. The van der Waals surface area contributed by atoms with Crippen LogP contribution in [0.25, 0.3) is 0 Å². The van der Waals surface area contributed by atoms with Crippen LogP contribution in [0, 0.1) is 0 Å².